The quantitative estimate of drug-likeness (QED) is 0.608. The van der Waals surface area contributed by atoms with Crippen LogP contribution in [0.4, 0.5) is 0 Å². The van der Waals surface area contributed by atoms with Crippen molar-refractivity contribution in [3.8, 4) is 0 Å². The van der Waals surface area contributed by atoms with E-state index in [1.807, 2.05) is 0 Å². The molecule has 0 spiro atoms. The van der Waals surface area contributed by atoms with Crippen LogP contribution in [-0.2, 0) is 9.53 Å². The topological polar surface area (TPSA) is 26.3 Å². The molecule has 0 bridgehead atoms. The minimum atomic E-state index is -0.156. The van der Waals surface area contributed by atoms with E-state index in [1.54, 1.807) is 0 Å². The fourth-order valence-electron chi connectivity index (χ4n) is 2.21. The predicted octanol–water partition coefficient (Wildman–Crippen LogP) is 2.38. The van der Waals surface area contributed by atoms with Crippen LogP contribution < -0.4 is 0 Å². The van der Waals surface area contributed by atoms with E-state index < -0.39 is 0 Å². The van der Waals surface area contributed by atoms with Crippen molar-refractivity contribution >= 4 is 5.97 Å². The predicted molar refractivity (Wildman–Crippen MR) is 47.8 cm³/mol. The summed E-state index contributed by atoms with van der Waals surface area (Å²) in [6.07, 6.45) is 3.01. The highest BCUT2D eigenvalue weighted by Crippen LogP contribution is 2.66. The fourth-order valence-corrected chi connectivity index (χ4v) is 2.21. The summed E-state index contributed by atoms with van der Waals surface area (Å²) >= 11 is 0. The Morgan fingerprint density at radius 1 is 1.50 bits per heavy atom. The van der Waals surface area contributed by atoms with Crippen molar-refractivity contribution in [2.75, 3.05) is 7.11 Å². The van der Waals surface area contributed by atoms with Gasteiger partial charge < -0.3 is 4.74 Å². The Labute approximate surface area is 74.3 Å². The number of hydrogen-bond donors (Lipinski definition) is 0. The maximum atomic E-state index is 11.5. The first-order valence-corrected chi connectivity index (χ1v) is 4.58. The van der Waals surface area contributed by atoms with Gasteiger partial charge in [-0.05, 0) is 18.3 Å². The number of hydrogen-bond acceptors (Lipinski definition) is 2. The Balaban J connectivity index is 2.72. The highest BCUT2D eigenvalue weighted by Gasteiger charge is 2.66. The lowest BCUT2D eigenvalue weighted by Crippen LogP contribution is -2.22. The molecule has 70 valence electrons. The van der Waals surface area contributed by atoms with Gasteiger partial charge >= 0.3 is 5.97 Å². The van der Waals surface area contributed by atoms with E-state index in [9.17, 15) is 4.79 Å². The third kappa shape index (κ3) is 1.13. The van der Waals surface area contributed by atoms with Crippen molar-refractivity contribution in [3.05, 3.63) is 0 Å². The molecule has 1 aliphatic rings. The number of esters is 1. The van der Waals surface area contributed by atoms with Gasteiger partial charge in [0.25, 0.3) is 0 Å². The molecule has 1 unspecified atom stereocenters. The van der Waals surface area contributed by atoms with Crippen molar-refractivity contribution in [2.24, 2.45) is 10.8 Å². The molecule has 1 aliphatic carbocycles. The molecule has 0 N–H and O–H groups in total. The van der Waals surface area contributed by atoms with Gasteiger partial charge in [0.1, 0.15) is 0 Å². The molecule has 1 atom stereocenters. The SMILES string of the molecule is CCCC1(C(=O)OC)CC1(C)C. The number of ether oxygens (including phenoxy) is 1. The minimum absolute atomic E-state index is 0.0191. The van der Waals surface area contributed by atoms with Crippen LogP contribution in [0, 0.1) is 10.8 Å². The highest BCUT2D eigenvalue weighted by molar-refractivity contribution is 5.81. The Bertz CT molecular complexity index is 196. The minimum Gasteiger partial charge on any atom is -0.469 e. The van der Waals surface area contributed by atoms with Crippen LogP contribution in [0.1, 0.15) is 40.0 Å². The van der Waals surface area contributed by atoms with Crippen LogP contribution in [-0.4, -0.2) is 13.1 Å². The van der Waals surface area contributed by atoms with Crippen LogP contribution in [0.3, 0.4) is 0 Å². The van der Waals surface area contributed by atoms with E-state index in [0.717, 1.165) is 19.3 Å². The molecule has 2 nitrogen and oxygen atoms in total. The molecule has 0 aromatic heterocycles. The van der Waals surface area contributed by atoms with Crippen molar-refractivity contribution < 1.29 is 9.53 Å². The average Bonchev–Trinajstić information content (AvgIpc) is 2.54. The van der Waals surface area contributed by atoms with E-state index >= 15 is 0 Å². The summed E-state index contributed by atoms with van der Waals surface area (Å²) in [5, 5.41) is 0. The summed E-state index contributed by atoms with van der Waals surface area (Å²) in [5.74, 6) is -0.0191. The van der Waals surface area contributed by atoms with Gasteiger partial charge in [-0.2, -0.15) is 0 Å². The van der Waals surface area contributed by atoms with Gasteiger partial charge in [0.15, 0.2) is 0 Å². The van der Waals surface area contributed by atoms with Gasteiger partial charge in [0.05, 0.1) is 12.5 Å². The fraction of sp³-hybridized carbons (Fsp3) is 0.900. The summed E-state index contributed by atoms with van der Waals surface area (Å²) in [7, 11) is 1.48. The maximum absolute atomic E-state index is 11.5. The van der Waals surface area contributed by atoms with Crippen molar-refractivity contribution in [3.63, 3.8) is 0 Å². The second-order valence-corrected chi connectivity index (χ2v) is 4.38. The van der Waals surface area contributed by atoms with Gasteiger partial charge in [-0.15, -0.1) is 0 Å². The van der Waals surface area contributed by atoms with E-state index in [-0.39, 0.29) is 16.8 Å². The van der Waals surface area contributed by atoms with Gasteiger partial charge in [0, 0.05) is 0 Å². The molecule has 0 saturated heterocycles. The van der Waals surface area contributed by atoms with Crippen LogP contribution in [0.25, 0.3) is 0 Å². The van der Waals surface area contributed by atoms with Gasteiger partial charge in [-0.3, -0.25) is 4.79 Å². The molecule has 0 aliphatic heterocycles. The number of rotatable bonds is 3. The molecule has 1 fully saturated rings. The second kappa shape index (κ2) is 2.75. The normalized spacial score (nSPS) is 31.3. The largest absolute Gasteiger partial charge is 0.469 e. The zero-order chi connectivity index (χ0) is 9.41. The van der Waals surface area contributed by atoms with E-state index in [1.165, 1.54) is 7.11 Å². The van der Waals surface area contributed by atoms with Crippen molar-refractivity contribution in [1.29, 1.82) is 0 Å². The van der Waals surface area contributed by atoms with Gasteiger partial charge in [-0.1, -0.05) is 27.2 Å². The number of carbonyl (C=O) groups excluding carboxylic acids is 1. The molecule has 0 aromatic rings. The van der Waals surface area contributed by atoms with Crippen molar-refractivity contribution in [1.82, 2.24) is 0 Å². The second-order valence-electron chi connectivity index (χ2n) is 4.38. The zero-order valence-corrected chi connectivity index (χ0v) is 8.44. The smallest absolute Gasteiger partial charge is 0.312 e. The first kappa shape index (κ1) is 9.56. The molecule has 0 radical (unpaired) electrons. The third-order valence-electron chi connectivity index (χ3n) is 3.17. The Morgan fingerprint density at radius 2 is 2.00 bits per heavy atom. The molecule has 2 heteroatoms. The summed E-state index contributed by atoms with van der Waals surface area (Å²) < 4.78 is 4.83. The van der Waals surface area contributed by atoms with E-state index in [0.29, 0.717) is 0 Å². The van der Waals surface area contributed by atoms with Gasteiger partial charge in [0.2, 0.25) is 0 Å². The summed E-state index contributed by atoms with van der Waals surface area (Å²) in [4.78, 5) is 11.5. The van der Waals surface area contributed by atoms with Crippen LogP contribution in [0.15, 0.2) is 0 Å². The zero-order valence-electron chi connectivity index (χ0n) is 8.44. The Morgan fingerprint density at radius 3 is 2.25 bits per heavy atom. The number of carbonyl (C=O) groups is 1. The molecular formula is C10H18O2. The Hall–Kier alpha value is -0.530. The third-order valence-corrected chi connectivity index (χ3v) is 3.17. The van der Waals surface area contributed by atoms with Crippen LogP contribution >= 0.6 is 0 Å². The van der Waals surface area contributed by atoms with Crippen molar-refractivity contribution in [2.45, 2.75) is 40.0 Å². The van der Waals surface area contributed by atoms with E-state index in [2.05, 4.69) is 20.8 Å². The number of methoxy groups -OCH3 is 1. The van der Waals surface area contributed by atoms with E-state index in [4.69, 9.17) is 4.74 Å². The monoisotopic (exact) mass is 170 g/mol. The molecule has 1 rings (SSSR count). The first-order chi connectivity index (χ1) is 5.50. The van der Waals surface area contributed by atoms with Crippen LogP contribution in [0.2, 0.25) is 0 Å². The molecule has 0 amide bonds. The summed E-state index contributed by atoms with van der Waals surface area (Å²) in [5.41, 5.74) is 0.00655. The molecule has 0 heterocycles. The lowest BCUT2D eigenvalue weighted by molar-refractivity contribution is -0.148. The molecule has 12 heavy (non-hydrogen) atoms. The molecular weight excluding hydrogens is 152 g/mol. The van der Waals surface area contributed by atoms with Gasteiger partial charge in [-0.25, -0.2) is 0 Å². The molecule has 1 saturated carbocycles. The molecule has 0 aromatic carbocycles. The average molecular weight is 170 g/mol. The Kier molecular flexibility index (Phi) is 2.19. The summed E-state index contributed by atoms with van der Waals surface area (Å²) in [6, 6.07) is 0. The maximum Gasteiger partial charge on any atom is 0.312 e. The standard InChI is InChI=1S/C10H18O2/c1-5-6-10(8(11)12-4)7-9(10,2)3/h5-7H2,1-4H3. The highest BCUT2D eigenvalue weighted by atomic mass is 16.5. The first-order valence-electron chi connectivity index (χ1n) is 4.58. The van der Waals surface area contributed by atoms with Crippen LogP contribution in [0.5, 0.6) is 0 Å². The lowest BCUT2D eigenvalue weighted by Gasteiger charge is -2.16. The summed E-state index contributed by atoms with van der Waals surface area (Å²) in [6.45, 7) is 6.39. The lowest BCUT2D eigenvalue weighted by atomic mass is 9.91.